The third kappa shape index (κ3) is 2.89. The van der Waals surface area contributed by atoms with Crippen LogP contribution in [-0.2, 0) is 6.18 Å². The first kappa shape index (κ1) is 13.3. The first-order valence-corrected chi connectivity index (χ1v) is 5.10. The minimum atomic E-state index is -4.47. The molecular weight excluding hydrogens is 264 g/mol. The van der Waals surface area contributed by atoms with Crippen molar-refractivity contribution < 1.29 is 18.0 Å². The number of hydrogen-bond acceptors (Lipinski definition) is 1. The van der Waals surface area contributed by atoms with Crippen LogP contribution in [0, 0.1) is 0 Å². The highest BCUT2D eigenvalue weighted by Crippen LogP contribution is 2.32. The molecule has 6 heteroatoms. The van der Waals surface area contributed by atoms with Crippen LogP contribution in [0.5, 0.6) is 0 Å². The Labute approximate surface area is 100 Å². The van der Waals surface area contributed by atoms with Crippen LogP contribution in [0.15, 0.2) is 18.2 Å². The molecule has 1 aromatic carbocycles. The molecule has 0 amide bonds. The van der Waals surface area contributed by atoms with Crippen LogP contribution < -0.4 is 0 Å². The molecule has 1 rings (SSSR count). The van der Waals surface area contributed by atoms with Gasteiger partial charge in [0.05, 0.1) is 16.0 Å². The van der Waals surface area contributed by atoms with E-state index in [1.165, 1.54) is 6.92 Å². The second-order valence-corrected chi connectivity index (χ2v) is 4.23. The lowest BCUT2D eigenvalue weighted by molar-refractivity contribution is -0.137. The number of rotatable bonds is 2. The van der Waals surface area contributed by atoms with Crippen LogP contribution >= 0.6 is 23.2 Å². The monoisotopic (exact) mass is 270 g/mol. The van der Waals surface area contributed by atoms with Crippen molar-refractivity contribution >= 4 is 29.0 Å². The number of benzene rings is 1. The Kier molecular flexibility index (Phi) is 3.86. The Morgan fingerprint density at radius 2 is 1.94 bits per heavy atom. The van der Waals surface area contributed by atoms with Gasteiger partial charge in [-0.15, -0.1) is 11.6 Å². The molecule has 1 unspecified atom stereocenters. The molecule has 0 aliphatic rings. The second-order valence-electron chi connectivity index (χ2n) is 3.17. The Morgan fingerprint density at radius 1 is 1.38 bits per heavy atom. The van der Waals surface area contributed by atoms with Crippen molar-refractivity contribution in [2.24, 2.45) is 0 Å². The molecule has 1 atom stereocenters. The summed E-state index contributed by atoms with van der Waals surface area (Å²) in [6.45, 7) is 1.43. The van der Waals surface area contributed by atoms with E-state index in [0.717, 1.165) is 12.1 Å². The molecule has 0 aliphatic carbocycles. The van der Waals surface area contributed by atoms with Gasteiger partial charge in [0.1, 0.15) is 0 Å². The van der Waals surface area contributed by atoms with Crippen molar-refractivity contribution in [1.29, 1.82) is 0 Å². The maximum atomic E-state index is 12.3. The van der Waals surface area contributed by atoms with Crippen molar-refractivity contribution in [3.8, 4) is 0 Å². The molecule has 0 heterocycles. The minimum absolute atomic E-state index is 0.00262. The van der Waals surface area contributed by atoms with E-state index < -0.39 is 22.9 Å². The Bertz CT molecular complexity index is 413. The van der Waals surface area contributed by atoms with Crippen LogP contribution in [0.25, 0.3) is 0 Å². The molecule has 1 aromatic rings. The molecular formula is C10H7Cl2F3O. The number of alkyl halides is 4. The van der Waals surface area contributed by atoms with Crippen molar-refractivity contribution in [2.75, 3.05) is 0 Å². The first-order chi connectivity index (χ1) is 7.23. The number of carbonyl (C=O) groups excluding carboxylic acids is 1. The van der Waals surface area contributed by atoms with E-state index in [4.69, 9.17) is 23.2 Å². The largest absolute Gasteiger partial charge is 0.416 e. The van der Waals surface area contributed by atoms with Gasteiger partial charge in [-0.1, -0.05) is 11.6 Å². The molecule has 0 fully saturated rings. The molecule has 0 saturated heterocycles. The van der Waals surface area contributed by atoms with Crippen LogP contribution in [-0.4, -0.2) is 11.2 Å². The third-order valence-electron chi connectivity index (χ3n) is 1.92. The van der Waals surface area contributed by atoms with E-state index in [9.17, 15) is 18.0 Å². The lowest BCUT2D eigenvalue weighted by Crippen LogP contribution is -2.12. The van der Waals surface area contributed by atoms with E-state index in [1.54, 1.807) is 0 Å². The highest BCUT2D eigenvalue weighted by Gasteiger charge is 2.31. The highest BCUT2D eigenvalue weighted by atomic mass is 35.5. The van der Waals surface area contributed by atoms with Gasteiger partial charge in [0.15, 0.2) is 5.78 Å². The fourth-order valence-corrected chi connectivity index (χ4v) is 1.50. The summed E-state index contributed by atoms with van der Waals surface area (Å²) >= 11 is 11.1. The zero-order valence-corrected chi connectivity index (χ0v) is 9.62. The summed E-state index contributed by atoms with van der Waals surface area (Å²) in [5, 5.41) is -1.07. The highest BCUT2D eigenvalue weighted by molar-refractivity contribution is 6.38. The van der Waals surface area contributed by atoms with Crippen LogP contribution in [0.4, 0.5) is 13.2 Å². The van der Waals surface area contributed by atoms with E-state index in [2.05, 4.69) is 0 Å². The number of halogens is 5. The Hall–Kier alpha value is -0.740. The molecule has 88 valence electrons. The zero-order valence-electron chi connectivity index (χ0n) is 8.11. The van der Waals surface area contributed by atoms with Gasteiger partial charge in [0.2, 0.25) is 0 Å². The first-order valence-electron chi connectivity index (χ1n) is 4.28. The molecule has 0 bridgehead atoms. The second kappa shape index (κ2) is 4.63. The number of ketones is 1. The molecule has 0 N–H and O–H groups in total. The summed E-state index contributed by atoms with van der Waals surface area (Å²) in [7, 11) is 0. The standard InChI is InChI=1S/C10H7Cl2F3O/c1-5(11)9(16)7-3-2-6(4-8(7)12)10(13,14)15/h2-5H,1H3. The van der Waals surface area contributed by atoms with Crippen molar-refractivity contribution in [2.45, 2.75) is 18.5 Å². The zero-order chi connectivity index (χ0) is 12.5. The van der Waals surface area contributed by atoms with Crippen LogP contribution in [0.3, 0.4) is 0 Å². The Balaban J connectivity index is 3.15. The van der Waals surface area contributed by atoms with E-state index >= 15 is 0 Å². The number of hydrogen-bond donors (Lipinski definition) is 0. The van der Waals surface area contributed by atoms with E-state index in [-0.39, 0.29) is 10.6 Å². The van der Waals surface area contributed by atoms with Crippen molar-refractivity contribution in [1.82, 2.24) is 0 Å². The van der Waals surface area contributed by atoms with Crippen LogP contribution in [0.2, 0.25) is 5.02 Å². The van der Waals surface area contributed by atoms with Gasteiger partial charge >= 0.3 is 6.18 Å². The average Bonchev–Trinajstić information content (AvgIpc) is 2.15. The molecule has 0 saturated carbocycles. The van der Waals surface area contributed by atoms with E-state index in [1.807, 2.05) is 0 Å². The molecule has 0 aliphatic heterocycles. The van der Waals surface area contributed by atoms with Gasteiger partial charge in [-0.05, 0) is 25.1 Å². The quantitative estimate of drug-likeness (QED) is 0.582. The maximum Gasteiger partial charge on any atom is 0.416 e. The van der Waals surface area contributed by atoms with E-state index in [0.29, 0.717) is 6.07 Å². The summed E-state index contributed by atoms with van der Waals surface area (Å²) in [4.78, 5) is 11.4. The van der Waals surface area contributed by atoms with Crippen LogP contribution in [0.1, 0.15) is 22.8 Å². The fourth-order valence-electron chi connectivity index (χ4n) is 1.11. The topological polar surface area (TPSA) is 17.1 Å². The summed E-state index contributed by atoms with van der Waals surface area (Å²) in [6.07, 6.45) is -4.47. The Morgan fingerprint density at radius 3 is 2.31 bits per heavy atom. The van der Waals surface area contributed by atoms with Crippen molar-refractivity contribution in [3.63, 3.8) is 0 Å². The third-order valence-corrected chi connectivity index (χ3v) is 2.43. The van der Waals surface area contributed by atoms with Gasteiger partial charge in [-0.3, -0.25) is 4.79 Å². The molecule has 0 spiro atoms. The smallest absolute Gasteiger partial charge is 0.292 e. The normalized spacial score (nSPS) is 13.6. The SMILES string of the molecule is CC(Cl)C(=O)c1ccc(C(F)(F)F)cc1Cl. The van der Waals surface area contributed by atoms with Crippen molar-refractivity contribution in [3.05, 3.63) is 34.3 Å². The molecule has 0 radical (unpaired) electrons. The molecule has 1 nitrogen and oxygen atoms in total. The fraction of sp³-hybridized carbons (Fsp3) is 0.300. The summed E-state index contributed by atoms with van der Waals surface area (Å²) in [5.41, 5.74) is -0.895. The summed E-state index contributed by atoms with van der Waals surface area (Å²) in [5.74, 6) is -0.500. The summed E-state index contributed by atoms with van der Waals surface area (Å²) in [6, 6.07) is 2.55. The lowest BCUT2D eigenvalue weighted by Gasteiger charge is -2.09. The predicted octanol–water partition coefficient (Wildman–Crippen LogP) is 4.17. The molecule has 0 aromatic heterocycles. The van der Waals surface area contributed by atoms with Gasteiger partial charge in [-0.25, -0.2) is 0 Å². The predicted molar refractivity (Wildman–Crippen MR) is 56.1 cm³/mol. The average molecular weight is 271 g/mol. The van der Waals surface area contributed by atoms with Gasteiger partial charge in [0.25, 0.3) is 0 Å². The summed E-state index contributed by atoms with van der Waals surface area (Å²) < 4.78 is 36.9. The number of carbonyl (C=O) groups is 1. The van der Waals surface area contributed by atoms with Gasteiger partial charge in [0, 0.05) is 5.56 Å². The van der Waals surface area contributed by atoms with Gasteiger partial charge in [-0.2, -0.15) is 13.2 Å². The minimum Gasteiger partial charge on any atom is -0.292 e. The molecule has 16 heavy (non-hydrogen) atoms. The lowest BCUT2D eigenvalue weighted by atomic mass is 10.1. The maximum absolute atomic E-state index is 12.3. The van der Waals surface area contributed by atoms with Gasteiger partial charge < -0.3 is 0 Å². The number of Topliss-reactive ketones (excluding diaryl/α,β-unsaturated/α-hetero) is 1.